The molecule has 0 bridgehead atoms. The third-order valence-corrected chi connectivity index (χ3v) is 6.29. The Hall–Kier alpha value is -1.82. The maximum Gasteiger partial charge on any atom is 0.257 e. The van der Waals surface area contributed by atoms with E-state index >= 15 is 0 Å². The molecule has 6 nitrogen and oxygen atoms in total. The van der Waals surface area contributed by atoms with Gasteiger partial charge < -0.3 is 14.6 Å². The molecule has 2 aliphatic heterocycles. The Kier molecular flexibility index (Phi) is 7.54. The molecular formula is C22H35N3O3. The molecule has 156 valence electrons. The first-order valence-corrected chi connectivity index (χ1v) is 10.9. The van der Waals surface area contributed by atoms with Gasteiger partial charge in [0, 0.05) is 31.6 Å². The molecule has 2 fully saturated rings. The predicted octanol–water partition coefficient (Wildman–Crippen LogP) is 3.15. The van der Waals surface area contributed by atoms with Crippen molar-refractivity contribution < 1.29 is 14.0 Å². The molecule has 0 aromatic carbocycles. The number of piperidine rings is 1. The number of furan rings is 1. The molecule has 1 aromatic heterocycles. The molecule has 28 heavy (non-hydrogen) atoms. The molecule has 0 spiro atoms. The zero-order valence-corrected chi connectivity index (χ0v) is 17.4. The number of rotatable bonds is 6. The lowest BCUT2D eigenvalue weighted by atomic mass is 9.95. The number of carbonyl (C=O) groups excluding carboxylic acids is 2. The summed E-state index contributed by atoms with van der Waals surface area (Å²) in [5.74, 6) is 0.669. The lowest BCUT2D eigenvalue weighted by molar-refractivity contribution is -0.126. The van der Waals surface area contributed by atoms with E-state index in [1.807, 2.05) is 4.90 Å². The van der Waals surface area contributed by atoms with Crippen LogP contribution in [-0.2, 0) is 4.79 Å². The Morgan fingerprint density at radius 3 is 2.36 bits per heavy atom. The Balaban J connectivity index is 1.46. The highest BCUT2D eigenvalue weighted by atomic mass is 16.3. The highest BCUT2D eigenvalue weighted by Gasteiger charge is 2.29. The summed E-state index contributed by atoms with van der Waals surface area (Å²) >= 11 is 0. The first kappa shape index (κ1) is 20.9. The molecule has 6 heteroatoms. The molecule has 2 amide bonds. The molecular weight excluding hydrogens is 354 g/mol. The van der Waals surface area contributed by atoms with Gasteiger partial charge in [-0.05, 0) is 50.8 Å². The van der Waals surface area contributed by atoms with Crippen LogP contribution in [0.25, 0.3) is 0 Å². The first-order chi connectivity index (χ1) is 13.6. The van der Waals surface area contributed by atoms with Crippen LogP contribution in [0.4, 0.5) is 0 Å². The van der Waals surface area contributed by atoms with Gasteiger partial charge in [-0.2, -0.15) is 0 Å². The Labute approximate surface area is 168 Å². The molecule has 2 saturated heterocycles. The van der Waals surface area contributed by atoms with Gasteiger partial charge in [0.1, 0.15) is 6.26 Å². The van der Waals surface area contributed by atoms with E-state index in [1.165, 1.54) is 38.2 Å². The second-order valence-corrected chi connectivity index (χ2v) is 8.59. The van der Waals surface area contributed by atoms with Crippen molar-refractivity contribution in [2.45, 2.75) is 58.4 Å². The Bertz CT molecular complexity index is 613. The van der Waals surface area contributed by atoms with E-state index < -0.39 is 0 Å². The van der Waals surface area contributed by atoms with Crippen LogP contribution < -0.4 is 5.32 Å². The van der Waals surface area contributed by atoms with Gasteiger partial charge in [0.05, 0.1) is 11.8 Å². The van der Waals surface area contributed by atoms with E-state index in [0.29, 0.717) is 30.6 Å². The highest BCUT2D eigenvalue weighted by Crippen LogP contribution is 2.21. The van der Waals surface area contributed by atoms with Crippen molar-refractivity contribution in [3.8, 4) is 0 Å². The molecule has 1 aromatic rings. The molecule has 0 saturated carbocycles. The molecule has 0 unspecified atom stereocenters. The summed E-state index contributed by atoms with van der Waals surface area (Å²) < 4.78 is 5.00. The quantitative estimate of drug-likeness (QED) is 0.812. The maximum atomic E-state index is 12.7. The van der Waals surface area contributed by atoms with E-state index in [0.717, 1.165) is 32.5 Å². The monoisotopic (exact) mass is 389 g/mol. The van der Waals surface area contributed by atoms with Crippen LogP contribution in [0.5, 0.6) is 0 Å². The van der Waals surface area contributed by atoms with Crippen LogP contribution in [-0.4, -0.2) is 60.4 Å². The lowest BCUT2D eigenvalue weighted by Gasteiger charge is -2.35. The third-order valence-electron chi connectivity index (χ3n) is 6.29. The number of carbonyl (C=O) groups is 2. The fourth-order valence-electron chi connectivity index (χ4n) is 4.48. The molecule has 2 aliphatic rings. The largest absolute Gasteiger partial charge is 0.472 e. The fourth-order valence-corrected chi connectivity index (χ4v) is 4.48. The van der Waals surface area contributed by atoms with Crippen molar-refractivity contribution in [1.82, 2.24) is 15.1 Å². The summed E-state index contributed by atoms with van der Waals surface area (Å²) in [6.07, 6.45) is 9.63. The minimum atomic E-state index is -0.00589. The number of likely N-dealkylation sites (tertiary alicyclic amines) is 2. The van der Waals surface area contributed by atoms with Crippen LogP contribution in [0.15, 0.2) is 23.0 Å². The predicted molar refractivity (Wildman–Crippen MR) is 109 cm³/mol. The van der Waals surface area contributed by atoms with Crippen molar-refractivity contribution in [3.05, 3.63) is 24.2 Å². The second kappa shape index (κ2) is 10.1. The third kappa shape index (κ3) is 5.37. The minimum Gasteiger partial charge on any atom is -0.472 e. The van der Waals surface area contributed by atoms with Crippen LogP contribution >= 0.6 is 0 Å². The van der Waals surface area contributed by atoms with Crippen molar-refractivity contribution >= 4 is 11.8 Å². The number of hydrogen-bond acceptors (Lipinski definition) is 4. The van der Waals surface area contributed by atoms with E-state index in [2.05, 4.69) is 24.1 Å². The van der Waals surface area contributed by atoms with E-state index in [1.54, 1.807) is 6.07 Å². The van der Waals surface area contributed by atoms with Crippen LogP contribution in [0.1, 0.15) is 62.7 Å². The highest BCUT2D eigenvalue weighted by molar-refractivity contribution is 5.94. The Morgan fingerprint density at radius 2 is 1.79 bits per heavy atom. The van der Waals surface area contributed by atoms with Gasteiger partial charge >= 0.3 is 0 Å². The van der Waals surface area contributed by atoms with Gasteiger partial charge in [-0.3, -0.25) is 14.5 Å². The van der Waals surface area contributed by atoms with Gasteiger partial charge in [0.2, 0.25) is 5.91 Å². The average Bonchev–Trinajstić information content (AvgIpc) is 3.11. The van der Waals surface area contributed by atoms with Crippen LogP contribution in [0.2, 0.25) is 0 Å². The van der Waals surface area contributed by atoms with Crippen LogP contribution in [0, 0.1) is 11.8 Å². The van der Waals surface area contributed by atoms with Gasteiger partial charge in [0.15, 0.2) is 0 Å². The average molecular weight is 390 g/mol. The summed E-state index contributed by atoms with van der Waals surface area (Å²) in [7, 11) is 0. The van der Waals surface area contributed by atoms with E-state index in [4.69, 9.17) is 4.42 Å². The lowest BCUT2D eigenvalue weighted by Crippen LogP contribution is -2.49. The van der Waals surface area contributed by atoms with E-state index in [-0.39, 0.29) is 17.7 Å². The van der Waals surface area contributed by atoms with Gasteiger partial charge in [0.25, 0.3) is 5.91 Å². The van der Waals surface area contributed by atoms with Crippen molar-refractivity contribution in [2.24, 2.45) is 11.8 Å². The minimum absolute atomic E-state index is 0.00495. The standard InChI is InChI=1S/C22H35N3O3/c1-17(2)20(24-10-5-3-4-6-11-24)15-23-21(26)18-7-12-25(13-8-18)22(27)19-9-14-28-16-19/h9,14,16-18,20H,3-8,10-13,15H2,1-2H3,(H,23,26)/t20-/m0/s1. The second-order valence-electron chi connectivity index (χ2n) is 8.59. The molecule has 0 radical (unpaired) electrons. The summed E-state index contributed by atoms with van der Waals surface area (Å²) in [6, 6.07) is 2.10. The number of hydrogen-bond donors (Lipinski definition) is 1. The number of nitrogens with zero attached hydrogens (tertiary/aromatic N) is 2. The summed E-state index contributed by atoms with van der Waals surface area (Å²) in [6.45, 7) is 8.78. The van der Waals surface area contributed by atoms with Crippen molar-refractivity contribution in [2.75, 3.05) is 32.7 Å². The maximum absolute atomic E-state index is 12.7. The normalized spacial score (nSPS) is 20.8. The summed E-state index contributed by atoms with van der Waals surface area (Å²) in [5, 5.41) is 3.22. The Morgan fingerprint density at radius 1 is 1.11 bits per heavy atom. The van der Waals surface area contributed by atoms with Gasteiger partial charge in [-0.15, -0.1) is 0 Å². The molecule has 1 N–H and O–H groups in total. The molecule has 0 aliphatic carbocycles. The number of nitrogens with one attached hydrogen (secondary N) is 1. The molecule has 1 atom stereocenters. The molecule has 3 heterocycles. The summed E-state index contributed by atoms with van der Waals surface area (Å²) in [5.41, 5.74) is 0.583. The topological polar surface area (TPSA) is 65.8 Å². The zero-order valence-electron chi connectivity index (χ0n) is 17.4. The fraction of sp³-hybridized carbons (Fsp3) is 0.727. The number of amides is 2. The van der Waals surface area contributed by atoms with Gasteiger partial charge in [-0.25, -0.2) is 0 Å². The smallest absolute Gasteiger partial charge is 0.257 e. The zero-order chi connectivity index (χ0) is 19.9. The van der Waals surface area contributed by atoms with Crippen LogP contribution in [0.3, 0.4) is 0 Å². The molecule has 3 rings (SSSR count). The van der Waals surface area contributed by atoms with Gasteiger partial charge in [-0.1, -0.05) is 26.7 Å². The van der Waals surface area contributed by atoms with Crippen molar-refractivity contribution in [1.29, 1.82) is 0 Å². The summed E-state index contributed by atoms with van der Waals surface area (Å²) in [4.78, 5) is 29.5. The first-order valence-electron chi connectivity index (χ1n) is 10.9. The van der Waals surface area contributed by atoms with E-state index in [9.17, 15) is 9.59 Å². The SMILES string of the molecule is CC(C)[C@H](CNC(=O)C1CCN(C(=O)c2ccoc2)CC1)N1CCCCCC1. The van der Waals surface area contributed by atoms with Crippen molar-refractivity contribution in [3.63, 3.8) is 0 Å².